The summed E-state index contributed by atoms with van der Waals surface area (Å²) in [6.45, 7) is 6.61. The fourth-order valence-corrected chi connectivity index (χ4v) is 5.30. The first kappa shape index (κ1) is 24.9. The molecule has 0 aliphatic rings. The van der Waals surface area contributed by atoms with E-state index in [1.165, 1.54) is 0 Å². The molecule has 0 unspecified atom stereocenters. The van der Waals surface area contributed by atoms with Gasteiger partial charge in [0.05, 0.1) is 0 Å². The van der Waals surface area contributed by atoms with E-state index < -0.39 is 40.3 Å². The predicted octanol–water partition coefficient (Wildman–Crippen LogP) is 3.06. The molecule has 1 N–H and O–H groups in total. The van der Waals surface area contributed by atoms with Crippen LogP contribution in [0.4, 0.5) is 26.3 Å². The van der Waals surface area contributed by atoms with Gasteiger partial charge in [-0.3, -0.25) is 4.55 Å². The quantitative estimate of drug-likeness (QED) is 0.329. The smallest absolute Gasteiger partial charge is 0.308 e. The molecule has 0 bridgehead atoms. The van der Waals surface area contributed by atoms with Crippen molar-refractivity contribution >= 4 is 29.3 Å². The standard InChI is InChI=1S/C7H14F3O3SSi.CHF3O3S/c1-5(2)15(6(3)4)13-14(11,12)7(8,9)10;2-1(3,4)8(5,6)7/h5-6H,1-4H3;(H,5,6,7). The molecule has 0 saturated heterocycles. The van der Waals surface area contributed by atoms with E-state index >= 15 is 0 Å². The van der Waals surface area contributed by atoms with Gasteiger partial charge >= 0.3 is 31.3 Å². The number of hydrogen-bond donors (Lipinski definition) is 1. The molecule has 6 nitrogen and oxygen atoms in total. The van der Waals surface area contributed by atoms with E-state index in [4.69, 9.17) is 13.0 Å². The number of halogens is 6. The molecule has 0 fully saturated rings. The topological polar surface area (TPSA) is 97.7 Å². The summed E-state index contributed by atoms with van der Waals surface area (Å²) in [5.74, 6) is 0. The third-order valence-electron chi connectivity index (χ3n) is 1.92. The lowest BCUT2D eigenvalue weighted by Crippen LogP contribution is -2.35. The van der Waals surface area contributed by atoms with E-state index in [1.54, 1.807) is 27.7 Å². The van der Waals surface area contributed by atoms with Crippen molar-refractivity contribution in [3.05, 3.63) is 0 Å². The van der Waals surface area contributed by atoms with Crippen LogP contribution in [-0.4, -0.2) is 41.4 Å². The predicted molar refractivity (Wildman–Crippen MR) is 69.6 cm³/mol. The van der Waals surface area contributed by atoms with Gasteiger partial charge in [0.2, 0.25) is 9.04 Å². The van der Waals surface area contributed by atoms with E-state index in [1.807, 2.05) is 0 Å². The van der Waals surface area contributed by atoms with Crippen LogP contribution in [0.15, 0.2) is 0 Å². The summed E-state index contributed by atoms with van der Waals surface area (Å²) in [5.41, 5.74) is -11.3. The zero-order valence-corrected chi connectivity index (χ0v) is 14.9. The first-order valence-electron chi connectivity index (χ1n) is 5.65. The van der Waals surface area contributed by atoms with Crippen LogP contribution in [-0.2, 0) is 24.1 Å². The van der Waals surface area contributed by atoms with Crippen LogP contribution in [0.25, 0.3) is 0 Å². The molecule has 0 amide bonds. The zero-order valence-electron chi connectivity index (χ0n) is 12.2. The molecular formula is C8H15F6O6S2Si. The molecule has 0 saturated carbocycles. The third kappa shape index (κ3) is 8.87. The molecule has 0 spiro atoms. The molecule has 0 heterocycles. The Balaban J connectivity index is 0. The highest BCUT2D eigenvalue weighted by Crippen LogP contribution is 2.30. The Bertz CT molecular complexity index is 557. The Labute approximate surface area is 131 Å². The van der Waals surface area contributed by atoms with E-state index in [0.29, 0.717) is 0 Å². The van der Waals surface area contributed by atoms with Crippen LogP contribution in [0.3, 0.4) is 0 Å². The lowest BCUT2D eigenvalue weighted by Gasteiger charge is -2.22. The maximum absolute atomic E-state index is 12.0. The van der Waals surface area contributed by atoms with Gasteiger partial charge in [0.1, 0.15) is 0 Å². The molecule has 23 heavy (non-hydrogen) atoms. The SMILES string of the molecule is CC(C)[Si](OS(=O)(=O)C(F)(F)F)C(C)C.O=S(=O)(O)C(F)(F)F. The molecule has 0 aromatic heterocycles. The van der Waals surface area contributed by atoms with Gasteiger partial charge in [0, 0.05) is 0 Å². The maximum atomic E-state index is 12.0. The molecule has 0 rings (SSSR count). The average molecular weight is 413 g/mol. The molecule has 0 atom stereocenters. The monoisotopic (exact) mass is 413 g/mol. The molecule has 141 valence electrons. The van der Waals surface area contributed by atoms with Gasteiger partial charge in [-0.25, -0.2) is 0 Å². The highest BCUT2D eigenvalue weighted by molar-refractivity contribution is 7.88. The van der Waals surface area contributed by atoms with Crippen LogP contribution < -0.4 is 0 Å². The van der Waals surface area contributed by atoms with Crippen molar-refractivity contribution in [2.45, 2.75) is 49.8 Å². The second-order valence-electron chi connectivity index (χ2n) is 4.62. The van der Waals surface area contributed by atoms with Crippen molar-refractivity contribution in [1.82, 2.24) is 0 Å². The van der Waals surface area contributed by atoms with E-state index in [-0.39, 0.29) is 11.1 Å². The second-order valence-corrected chi connectivity index (χ2v) is 11.2. The summed E-state index contributed by atoms with van der Waals surface area (Å²) < 4.78 is 119. The minimum Gasteiger partial charge on any atom is -0.308 e. The molecule has 0 aromatic rings. The summed E-state index contributed by atoms with van der Waals surface area (Å²) in [7, 11) is -13.3. The van der Waals surface area contributed by atoms with Gasteiger partial charge in [-0.1, -0.05) is 27.7 Å². The molecular weight excluding hydrogens is 398 g/mol. The van der Waals surface area contributed by atoms with E-state index in [0.717, 1.165) is 0 Å². The van der Waals surface area contributed by atoms with Gasteiger partial charge in [-0.15, -0.1) is 0 Å². The van der Waals surface area contributed by atoms with Crippen molar-refractivity contribution in [1.29, 1.82) is 0 Å². The summed E-state index contributed by atoms with van der Waals surface area (Å²) in [6, 6.07) is 0. The normalized spacial score (nSPS) is 14.2. The van der Waals surface area contributed by atoms with Gasteiger partial charge in [0.25, 0.3) is 0 Å². The Morgan fingerprint density at radius 3 is 1.22 bits per heavy atom. The minimum absolute atomic E-state index is 0.202. The van der Waals surface area contributed by atoms with E-state index in [9.17, 15) is 34.8 Å². The highest BCUT2D eigenvalue weighted by Gasteiger charge is 2.49. The van der Waals surface area contributed by atoms with Gasteiger partial charge < -0.3 is 3.87 Å². The molecule has 15 heteroatoms. The zero-order chi connectivity index (χ0) is 19.4. The van der Waals surface area contributed by atoms with Crippen molar-refractivity contribution in [2.75, 3.05) is 0 Å². The first-order valence-corrected chi connectivity index (χ1v) is 10.1. The largest absolute Gasteiger partial charge is 0.522 e. The number of hydrogen-bond acceptors (Lipinski definition) is 5. The molecule has 0 aliphatic carbocycles. The Morgan fingerprint density at radius 1 is 0.826 bits per heavy atom. The Hall–Kier alpha value is -0.383. The van der Waals surface area contributed by atoms with Crippen molar-refractivity contribution in [3.8, 4) is 0 Å². The molecule has 0 aromatic carbocycles. The highest BCUT2D eigenvalue weighted by atomic mass is 32.2. The lowest BCUT2D eigenvalue weighted by molar-refractivity contribution is -0.0512. The summed E-state index contributed by atoms with van der Waals surface area (Å²) in [6.07, 6.45) is 0. The average Bonchev–Trinajstić information content (AvgIpc) is 2.21. The molecule has 1 radical (unpaired) electrons. The number of rotatable bonds is 4. The molecule has 0 aliphatic heterocycles. The summed E-state index contributed by atoms with van der Waals surface area (Å²) in [5, 5.41) is 0. The van der Waals surface area contributed by atoms with E-state index in [2.05, 4.69) is 3.87 Å². The van der Waals surface area contributed by atoms with Crippen LogP contribution in [0.2, 0.25) is 11.1 Å². The van der Waals surface area contributed by atoms with Crippen LogP contribution in [0.1, 0.15) is 27.7 Å². The fourth-order valence-electron chi connectivity index (χ4n) is 1.03. The van der Waals surface area contributed by atoms with Crippen LogP contribution in [0.5, 0.6) is 0 Å². The van der Waals surface area contributed by atoms with Crippen molar-refractivity contribution in [2.24, 2.45) is 0 Å². The Morgan fingerprint density at radius 2 is 1.09 bits per heavy atom. The van der Waals surface area contributed by atoms with Crippen LogP contribution in [0, 0.1) is 0 Å². The maximum Gasteiger partial charge on any atom is 0.522 e. The van der Waals surface area contributed by atoms with Crippen molar-refractivity contribution < 1.29 is 51.6 Å². The van der Waals surface area contributed by atoms with Gasteiger partial charge in [0.15, 0.2) is 0 Å². The van der Waals surface area contributed by atoms with Crippen LogP contribution >= 0.6 is 0 Å². The third-order valence-corrected chi connectivity index (χ3v) is 7.00. The van der Waals surface area contributed by atoms with Gasteiger partial charge in [-0.05, 0) is 11.1 Å². The number of alkyl halides is 6. The summed E-state index contributed by atoms with van der Waals surface area (Å²) in [4.78, 5) is 0. The Kier molecular flexibility index (Phi) is 8.79. The van der Waals surface area contributed by atoms with Gasteiger partial charge in [-0.2, -0.15) is 43.2 Å². The lowest BCUT2D eigenvalue weighted by atomic mass is 10.5. The second kappa shape index (κ2) is 8.13. The fraction of sp³-hybridized carbons (Fsp3) is 1.00. The van der Waals surface area contributed by atoms with Crippen molar-refractivity contribution in [3.63, 3.8) is 0 Å². The summed E-state index contributed by atoms with van der Waals surface area (Å²) >= 11 is 0. The first-order chi connectivity index (χ1) is 9.74. The minimum atomic E-state index is -5.84.